The van der Waals surface area contributed by atoms with E-state index in [1.54, 1.807) is 31.2 Å². The third-order valence-electron chi connectivity index (χ3n) is 9.83. The largest absolute Gasteiger partial charge is 0.491 e. The van der Waals surface area contributed by atoms with Crippen LogP contribution < -0.4 is 9.47 Å². The molecule has 46 heavy (non-hydrogen) atoms. The van der Waals surface area contributed by atoms with Gasteiger partial charge in [-0.05, 0) is 136 Å². The van der Waals surface area contributed by atoms with E-state index in [2.05, 4.69) is 0 Å². The zero-order chi connectivity index (χ0) is 32.8. The molecule has 248 valence electrons. The van der Waals surface area contributed by atoms with Gasteiger partial charge in [0.05, 0.1) is 13.2 Å². The maximum atomic E-state index is 15.2. The van der Waals surface area contributed by atoms with E-state index in [0.29, 0.717) is 75.3 Å². The number of rotatable bonds is 11. The fourth-order valence-corrected chi connectivity index (χ4v) is 7.18. The topological polar surface area (TPSA) is 18.5 Å². The SMILES string of the molecule is C/C=C/CCc1ccc(C2CCC(COc3ccc(C4CCC(c5ccc(OCC)c(F)c5F)CC4)c(F)c3F)CC2)c(F)c1F. The number of hydrogen-bond donors (Lipinski definition) is 0. The van der Waals surface area contributed by atoms with Gasteiger partial charge in [0.25, 0.3) is 0 Å². The highest BCUT2D eigenvalue weighted by Crippen LogP contribution is 2.44. The lowest BCUT2D eigenvalue weighted by atomic mass is 9.76. The third-order valence-corrected chi connectivity index (χ3v) is 9.83. The minimum Gasteiger partial charge on any atom is -0.491 e. The van der Waals surface area contributed by atoms with E-state index in [9.17, 15) is 17.6 Å². The Morgan fingerprint density at radius 2 is 1.04 bits per heavy atom. The van der Waals surface area contributed by atoms with E-state index >= 15 is 8.78 Å². The summed E-state index contributed by atoms with van der Waals surface area (Å²) in [6.45, 7) is 4.02. The predicted octanol–water partition coefficient (Wildman–Crippen LogP) is 11.2. The molecule has 0 saturated heterocycles. The Balaban J connectivity index is 1.13. The van der Waals surface area contributed by atoms with Gasteiger partial charge in [-0.3, -0.25) is 0 Å². The number of ether oxygens (including phenoxy) is 2. The van der Waals surface area contributed by atoms with Crippen LogP contribution in [0.3, 0.4) is 0 Å². The molecule has 2 aliphatic rings. The van der Waals surface area contributed by atoms with Crippen molar-refractivity contribution < 1.29 is 35.8 Å². The molecule has 3 aromatic rings. The highest BCUT2D eigenvalue weighted by Gasteiger charge is 2.31. The second kappa shape index (κ2) is 15.4. The van der Waals surface area contributed by atoms with Crippen LogP contribution in [0.2, 0.25) is 0 Å². The average Bonchev–Trinajstić information content (AvgIpc) is 3.07. The molecule has 5 rings (SSSR count). The molecule has 0 heterocycles. The van der Waals surface area contributed by atoms with Gasteiger partial charge in [0, 0.05) is 0 Å². The first-order valence-electron chi connectivity index (χ1n) is 16.5. The minimum absolute atomic E-state index is 0.0921. The first kappa shape index (κ1) is 33.9. The lowest BCUT2D eigenvalue weighted by molar-refractivity contribution is 0.191. The van der Waals surface area contributed by atoms with Crippen molar-refractivity contribution in [3.05, 3.63) is 106 Å². The smallest absolute Gasteiger partial charge is 0.200 e. The molecular formula is C38H42F6O2. The molecule has 0 radical (unpaired) electrons. The zero-order valence-electron chi connectivity index (χ0n) is 26.5. The zero-order valence-corrected chi connectivity index (χ0v) is 26.5. The van der Waals surface area contributed by atoms with Gasteiger partial charge in [-0.2, -0.15) is 8.78 Å². The summed E-state index contributed by atoms with van der Waals surface area (Å²) < 4.78 is 100.0. The summed E-state index contributed by atoms with van der Waals surface area (Å²) in [5.74, 6) is -6.11. The summed E-state index contributed by atoms with van der Waals surface area (Å²) in [4.78, 5) is 0. The van der Waals surface area contributed by atoms with Gasteiger partial charge < -0.3 is 9.47 Å². The van der Waals surface area contributed by atoms with Gasteiger partial charge in [0.15, 0.2) is 34.8 Å². The molecule has 3 aromatic carbocycles. The van der Waals surface area contributed by atoms with E-state index in [1.807, 2.05) is 19.1 Å². The Bertz CT molecular complexity index is 1520. The first-order valence-corrected chi connectivity index (χ1v) is 16.5. The van der Waals surface area contributed by atoms with E-state index in [0.717, 1.165) is 0 Å². The van der Waals surface area contributed by atoms with Crippen molar-refractivity contribution in [3.63, 3.8) is 0 Å². The van der Waals surface area contributed by atoms with Crippen molar-refractivity contribution >= 4 is 0 Å². The number of allylic oxidation sites excluding steroid dienone is 2. The van der Waals surface area contributed by atoms with Crippen LogP contribution in [-0.2, 0) is 6.42 Å². The number of benzene rings is 3. The monoisotopic (exact) mass is 644 g/mol. The molecule has 2 aliphatic carbocycles. The molecule has 0 aromatic heterocycles. The molecule has 2 saturated carbocycles. The fourth-order valence-electron chi connectivity index (χ4n) is 7.18. The summed E-state index contributed by atoms with van der Waals surface area (Å²) in [6, 6.07) is 9.40. The highest BCUT2D eigenvalue weighted by molar-refractivity contribution is 5.36. The Hall–Kier alpha value is -3.42. The van der Waals surface area contributed by atoms with Gasteiger partial charge in [-0.25, -0.2) is 17.6 Å². The number of hydrogen-bond acceptors (Lipinski definition) is 2. The lowest BCUT2D eigenvalue weighted by Gasteiger charge is -2.30. The summed E-state index contributed by atoms with van der Waals surface area (Å²) in [7, 11) is 0. The Morgan fingerprint density at radius 3 is 1.54 bits per heavy atom. The fraction of sp³-hybridized carbons (Fsp3) is 0.474. The predicted molar refractivity (Wildman–Crippen MR) is 168 cm³/mol. The van der Waals surface area contributed by atoms with E-state index in [1.165, 1.54) is 12.1 Å². The van der Waals surface area contributed by atoms with Gasteiger partial charge in [0.1, 0.15) is 0 Å². The molecule has 0 aliphatic heterocycles. The lowest BCUT2D eigenvalue weighted by Crippen LogP contribution is -2.20. The maximum Gasteiger partial charge on any atom is 0.200 e. The van der Waals surface area contributed by atoms with Crippen LogP contribution in [0.15, 0.2) is 48.6 Å². The van der Waals surface area contributed by atoms with Crippen LogP contribution in [0.1, 0.15) is 112 Å². The van der Waals surface area contributed by atoms with Crippen LogP contribution >= 0.6 is 0 Å². The first-order chi connectivity index (χ1) is 22.2. The van der Waals surface area contributed by atoms with Crippen molar-refractivity contribution in [2.75, 3.05) is 13.2 Å². The molecule has 0 amide bonds. The Morgan fingerprint density at radius 1 is 0.587 bits per heavy atom. The molecule has 8 heteroatoms. The van der Waals surface area contributed by atoms with Crippen LogP contribution in [0.4, 0.5) is 26.3 Å². The molecule has 2 nitrogen and oxygen atoms in total. The van der Waals surface area contributed by atoms with Crippen molar-refractivity contribution in [1.82, 2.24) is 0 Å². The van der Waals surface area contributed by atoms with E-state index < -0.39 is 34.9 Å². The summed E-state index contributed by atoms with van der Waals surface area (Å²) in [5.41, 5.74) is 1.34. The highest BCUT2D eigenvalue weighted by atomic mass is 19.2. The molecular weight excluding hydrogens is 602 g/mol. The molecule has 0 spiro atoms. The summed E-state index contributed by atoms with van der Waals surface area (Å²) >= 11 is 0. The quantitative estimate of drug-likeness (QED) is 0.153. The standard InChI is InChI=1S/C38H42F6O2/c1-3-5-6-7-27-16-17-28(34(40)33(27)39)24-10-8-23(9-11-24)22-46-32-21-19-30(36(42)38(32)44)26-14-12-25(13-15-26)29-18-20-31(45-4-2)37(43)35(29)41/h3,5,16-21,23-26H,4,6-15,22H2,1-2H3/b5-3+. The summed E-state index contributed by atoms with van der Waals surface area (Å²) in [5, 5.41) is 0. The van der Waals surface area contributed by atoms with Crippen molar-refractivity contribution in [3.8, 4) is 11.5 Å². The van der Waals surface area contributed by atoms with Crippen LogP contribution in [0, 0.1) is 40.8 Å². The minimum atomic E-state index is -1.03. The molecule has 0 N–H and O–H groups in total. The Kier molecular flexibility index (Phi) is 11.4. The van der Waals surface area contributed by atoms with Gasteiger partial charge >= 0.3 is 0 Å². The average molecular weight is 645 g/mol. The van der Waals surface area contributed by atoms with Crippen molar-refractivity contribution in [1.29, 1.82) is 0 Å². The van der Waals surface area contributed by atoms with Crippen LogP contribution in [0.25, 0.3) is 0 Å². The normalized spacial score (nSPS) is 21.9. The van der Waals surface area contributed by atoms with Gasteiger partial charge in [0.2, 0.25) is 11.6 Å². The van der Waals surface area contributed by atoms with Gasteiger partial charge in [-0.1, -0.05) is 36.4 Å². The second-order valence-corrected chi connectivity index (χ2v) is 12.6. The van der Waals surface area contributed by atoms with Crippen LogP contribution in [-0.4, -0.2) is 13.2 Å². The van der Waals surface area contributed by atoms with Crippen molar-refractivity contribution in [2.24, 2.45) is 5.92 Å². The van der Waals surface area contributed by atoms with E-state index in [4.69, 9.17) is 9.47 Å². The molecule has 2 fully saturated rings. The van der Waals surface area contributed by atoms with Crippen molar-refractivity contribution in [2.45, 2.75) is 95.8 Å². The molecule has 0 atom stereocenters. The second-order valence-electron chi connectivity index (χ2n) is 12.6. The third kappa shape index (κ3) is 7.42. The van der Waals surface area contributed by atoms with E-state index in [-0.39, 0.29) is 59.5 Å². The number of halogens is 6. The van der Waals surface area contributed by atoms with Gasteiger partial charge in [-0.15, -0.1) is 0 Å². The number of aryl methyl sites for hydroxylation is 1. The summed E-state index contributed by atoms with van der Waals surface area (Å²) in [6.07, 6.45) is 9.73. The van der Waals surface area contributed by atoms with Crippen LogP contribution in [0.5, 0.6) is 11.5 Å². The maximum absolute atomic E-state index is 15.2. The Labute approximate surface area is 267 Å². The molecule has 0 unspecified atom stereocenters. The molecule has 0 bridgehead atoms.